The maximum Gasteiger partial charge on any atom is 0.335 e. The number of methoxy groups -OCH3 is 1. The van der Waals surface area contributed by atoms with E-state index >= 15 is 0 Å². The number of halogens is 2. The Morgan fingerprint density at radius 3 is 2.50 bits per heavy atom. The van der Waals surface area contributed by atoms with Crippen LogP contribution in [0.5, 0.6) is 11.5 Å². The Kier molecular flexibility index (Phi) is 6.34. The Bertz CT molecular complexity index is 1080. The van der Waals surface area contributed by atoms with Crippen molar-refractivity contribution in [1.29, 1.82) is 0 Å². The molecular formula is C21H18Cl2N2O5. The summed E-state index contributed by atoms with van der Waals surface area (Å²) in [5.74, 6) is -0.807. The lowest BCUT2D eigenvalue weighted by Gasteiger charge is -2.27. The van der Waals surface area contributed by atoms with Crippen LogP contribution in [0.15, 0.2) is 35.9 Å². The maximum absolute atomic E-state index is 13.1. The molecule has 0 atom stereocenters. The minimum atomic E-state index is -0.858. The highest BCUT2D eigenvalue weighted by Gasteiger charge is 2.37. The van der Waals surface area contributed by atoms with Crippen molar-refractivity contribution in [2.45, 2.75) is 13.8 Å². The number of nitrogens with zero attached hydrogens (tertiary/aromatic N) is 1. The molecule has 7 nitrogen and oxygen atoms in total. The van der Waals surface area contributed by atoms with Crippen molar-refractivity contribution in [3.63, 3.8) is 0 Å². The van der Waals surface area contributed by atoms with Gasteiger partial charge in [0.15, 0.2) is 11.5 Å². The fourth-order valence-electron chi connectivity index (χ4n) is 2.96. The Labute approximate surface area is 183 Å². The molecule has 1 saturated heterocycles. The van der Waals surface area contributed by atoms with Crippen LogP contribution in [0.1, 0.15) is 18.1 Å². The lowest BCUT2D eigenvalue weighted by molar-refractivity contribution is -0.122. The molecule has 1 N–H and O–H groups in total. The van der Waals surface area contributed by atoms with Gasteiger partial charge in [-0.25, -0.2) is 9.69 Å². The Morgan fingerprint density at radius 2 is 1.83 bits per heavy atom. The van der Waals surface area contributed by atoms with Gasteiger partial charge in [-0.1, -0.05) is 29.3 Å². The number of nitrogens with one attached hydrogen (secondary N) is 1. The van der Waals surface area contributed by atoms with Crippen LogP contribution < -0.4 is 19.7 Å². The molecule has 0 bridgehead atoms. The third-order valence-corrected chi connectivity index (χ3v) is 5.20. The normalized spacial score (nSPS) is 15.4. The molecule has 0 radical (unpaired) electrons. The number of barbiturate groups is 1. The number of urea groups is 1. The second kappa shape index (κ2) is 8.77. The van der Waals surface area contributed by atoms with Crippen molar-refractivity contribution >= 4 is 52.8 Å². The first-order valence-electron chi connectivity index (χ1n) is 8.95. The summed E-state index contributed by atoms with van der Waals surface area (Å²) >= 11 is 12.4. The van der Waals surface area contributed by atoms with Crippen molar-refractivity contribution in [3.05, 3.63) is 57.1 Å². The predicted molar refractivity (Wildman–Crippen MR) is 114 cm³/mol. The fraction of sp³-hybridized carbons (Fsp3) is 0.190. The van der Waals surface area contributed by atoms with E-state index in [1.54, 1.807) is 38.1 Å². The smallest absolute Gasteiger partial charge is 0.335 e. The molecule has 0 unspecified atom stereocenters. The molecule has 0 aromatic heterocycles. The number of amides is 4. The van der Waals surface area contributed by atoms with Crippen LogP contribution in [-0.2, 0) is 9.59 Å². The third kappa shape index (κ3) is 3.99. The summed E-state index contributed by atoms with van der Waals surface area (Å²) in [7, 11) is 1.47. The molecule has 0 spiro atoms. The van der Waals surface area contributed by atoms with Gasteiger partial charge < -0.3 is 9.47 Å². The molecule has 1 heterocycles. The van der Waals surface area contributed by atoms with Crippen LogP contribution in [0, 0.1) is 6.92 Å². The highest BCUT2D eigenvalue weighted by atomic mass is 35.5. The fourth-order valence-corrected chi connectivity index (χ4v) is 3.34. The van der Waals surface area contributed by atoms with Gasteiger partial charge in [-0.15, -0.1) is 0 Å². The molecule has 2 aromatic carbocycles. The summed E-state index contributed by atoms with van der Waals surface area (Å²) in [5.41, 5.74) is 0.900. The van der Waals surface area contributed by atoms with Gasteiger partial charge in [-0.2, -0.15) is 0 Å². The molecule has 3 rings (SSSR count). The minimum absolute atomic E-state index is 0.241. The highest BCUT2D eigenvalue weighted by molar-refractivity contribution is 6.40. The summed E-state index contributed by atoms with van der Waals surface area (Å²) in [6, 6.07) is 7.04. The van der Waals surface area contributed by atoms with Gasteiger partial charge >= 0.3 is 6.03 Å². The molecule has 1 fully saturated rings. The van der Waals surface area contributed by atoms with E-state index in [0.717, 1.165) is 4.90 Å². The van der Waals surface area contributed by atoms with Gasteiger partial charge in [0.25, 0.3) is 11.8 Å². The van der Waals surface area contributed by atoms with Gasteiger partial charge in [0.1, 0.15) is 5.57 Å². The number of hydrogen-bond donors (Lipinski definition) is 1. The van der Waals surface area contributed by atoms with Gasteiger partial charge in [0.2, 0.25) is 0 Å². The van der Waals surface area contributed by atoms with Crippen LogP contribution in [0.2, 0.25) is 10.0 Å². The molecule has 30 heavy (non-hydrogen) atoms. The zero-order valence-corrected chi connectivity index (χ0v) is 17.9. The van der Waals surface area contributed by atoms with E-state index < -0.39 is 17.8 Å². The summed E-state index contributed by atoms with van der Waals surface area (Å²) < 4.78 is 10.8. The minimum Gasteiger partial charge on any atom is -0.493 e. The van der Waals surface area contributed by atoms with Crippen LogP contribution in [0.3, 0.4) is 0 Å². The lowest BCUT2D eigenvalue weighted by Crippen LogP contribution is -2.54. The Balaban J connectivity index is 2.09. The number of hydrogen-bond acceptors (Lipinski definition) is 5. The zero-order valence-electron chi connectivity index (χ0n) is 16.4. The largest absolute Gasteiger partial charge is 0.493 e. The molecule has 156 valence electrons. The maximum atomic E-state index is 13.1. The van der Waals surface area contributed by atoms with Gasteiger partial charge in [0, 0.05) is 11.1 Å². The number of carbonyl (C=O) groups is 3. The van der Waals surface area contributed by atoms with E-state index in [0.29, 0.717) is 34.3 Å². The first kappa shape index (κ1) is 21.7. The summed E-state index contributed by atoms with van der Waals surface area (Å²) in [6.45, 7) is 3.86. The standard InChI is InChI=1S/C21H18Cl2N2O5/c1-4-30-18-9-12(15(23)10-17(18)29-3)8-13-19(26)24-21(28)25(20(13)27)16-7-5-6-14(22)11(16)2/h5-10H,4H2,1-3H3,(H,24,26,28)/b13-8+. The summed E-state index contributed by atoms with van der Waals surface area (Å²) in [6.07, 6.45) is 1.31. The molecule has 1 aliphatic rings. The monoisotopic (exact) mass is 448 g/mol. The number of anilines is 1. The van der Waals surface area contributed by atoms with Crippen LogP contribution in [0.4, 0.5) is 10.5 Å². The number of carbonyl (C=O) groups excluding carboxylic acids is 3. The second-order valence-electron chi connectivity index (χ2n) is 6.30. The van der Waals surface area contributed by atoms with Crippen molar-refractivity contribution < 1.29 is 23.9 Å². The Morgan fingerprint density at radius 1 is 1.10 bits per heavy atom. The lowest BCUT2D eigenvalue weighted by atomic mass is 10.1. The highest BCUT2D eigenvalue weighted by Crippen LogP contribution is 2.35. The van der Waals surface area contributed by atoms with E-state index in [1.807, 2.05) is 0 Å². The topological polar surface area (TPSA) is 84.9 Å². The Hall–Kier alpha value is -3.03. The van der Waals surface area contributed by atoms with E-state index in [2.05, 4.69) is 5.32 Å². The number of ether oxygens (including phenoxy) is 2. The number of rotatable bonds is 5. The molecule has 9 heteroatoms. The van der Waals surface area contributed by atoms with E-state index in [4.69, 9.17) is 32.7 Å². The molecule has 2 aromatic rings. The number of benzene rings is 2. The molecular weight excluding hydrogens is 431 g/mol. The second-order valence-corrected chi connectivity index (χ2v) is 7.11. The van der Waals surface area contributed by atoms with Gasteiger partial charge in [-0.05, 0) is 49.2 Å². The summed E-state index contributed by atoms with van der Waals surface area (Å²) in [4.78, 5) is 38.8. The summed E-state index contributed by atoms with van der Waals surface area (Å²) in [5, 5.41) is 2.80. The van der Waals surface area contributed by atoms with E-state index in [1.165, 1.54) is 19.3 Å². The van der Waals surface area contributed by atoms with Gasteiger partial charge in [0.05, 0.1) is 24.4 Å². The number of imide groups is 2. The third-order valence-electron chi connectivity index (χ3n) is 4.46. The average molecular weight is 449 g/mol. The first-order valence-corrected chi connectivity index (χ1v) is 9.71. The van der Waals surface area contributed by atoms with Crippen molar-refractivity contribution in [3.8, 4) is 11.5 Å². The molecule has 4 amide bonds. The SMILES string of the molecule is CCOc1cc(/C=C2\C(=O)NC(=O)N(c3cccc(Cl)c3C)C2=O)c(Cl)cc1OC. The average Bonchev–Trinajstić information content (AvgIpc) is 2.70. The van der Waals surface area contributed by atoms with Crippen molar-refractivity contribution in [2.24, 2.45) is 0 Å². The predicted octanol–water partition coefficient (Wildman–Crippen LogP) is 4.38. The molecule has 0 saturated carbocycles. The quantitative estimate of drug-likeness (QED) is 0.541. The van der Waals surface area contributed by atoms with Crippen LogP contribution >= 0.6 is 23.2 Å². The van der Waals surface area contributed by atoms with E-state index in [9.17, 15) is 14.4 Å². The van der Waals surface area contributed by atoms with Crippen LogP contribution in [0.25, 0.3) is 6.08 Å². The van der Waals surface area contributed by atoms with Gasteiger partial charge in [-0.3, -0.25) is 14.9 Å². The molecule has 0 aliphatic carbocycles. The zero-order chi connectivity index (χ0) is 22.0. The van der Waals surface area contributed by atoms with Crippen LogP contribution in [-0.4, -0.2) is 31.6 Å². The molecule has 1 aliphatic heterocycles. The van der Waals surface area contributed by atoms with E-state index in [-0.39, 0.29) is 16.3 Å². The van der Waals surface area contributed by atoms with Crippen molar-refractivity contribution in [1.82, 2.24) is 5.32 Å². The van der Waals surface area contributed by atoms with Crippen molar-refractivity contribution in [2.75, 3.05) is 18.6 Å². The first-order chi connectivity index (χ1) is 14.3.